The number of rotatable bonds is 4. The van der Waals surface area contributed by atoms with Crippen molar-refractivity contribution in [1.82, 2.24) is 0 Å². The summed E-state index contributed by atoms with van der Waals surface area (Å²) in [6.45, 7) is 10.4. The summed E-state index contributed by atoms with van der Waals surface area (Å²) in [5.74, 6) is -0.296. The quantitative estimate of drug-likeness (QED) is 0.866. The Kier molecular flexibility index (Phi) is 4.52. The molecule has 17 heavy (non-hydrogen) atoms. The van der Waals surface area contributed by atoms with E-state index in [0.717, 1.165) is 28.8 Å². The second-order valence-corrected chi connectivity index (χ2v) is 5.80. The van der Waals surface area contributed by atoms with E-state index in [0.29, 0.717) is 0 Å². The maximum absolute atomic E-state index is 11.5. The fourth-order valence-electron chi connectivity index (χ4n) is 1.93. The number of primary amides is 1. The molecule has 1 aromatic heterocycles. The van der Waals surface area contributed by atoms with Crippen molar-refractivity contribution in [2.45, 2.75) is 47.5 Å². The summed E-state index contributed by atoms with van der Waals surface area (Å²) in [4.78, 5) is 13.8. The van der Waals surface area contributed by atoms with Gasteiger partial charge < -0.3 is 5.73 Å². The predicted molar refractivity (Wildman–Crippen MR) is 75.5 cm³/mol. The first-order valence-electron chi connectivity index (χ1n) is 5.96. The molecule has 94 valence electrons. The minimum atomic E-state index is -0.296. The third-order valence-corrected chi connectivity index (χ3v) is 4.29. The molecule has 0 aliphatic heterocycles. The van der Waals surface area contributed by atoms with Crippen LogP contribution in [-0.4, -0.2) is 5.91 Å². The number of allylic oxidation sites excluding steroid dienone is 2. The number of carbonyl (C=O) groups is 1. The Morgan fingerprint density at radius 2 is 1.88 bits per heavy atom. The topological polar surface area (TPSA) is 43.1 Å². The highest BCUT2D eigenvalue weighted by Crippen LogP contribution is 2.35. The van der Waals surface area contributed by atoms with Gasteiger partial charge in [-0.15, -0.1) is 11.3 Å². The molecule has 0 aromatic carbocycles. The van der Waals surface area contributed by atoms with Gasteiger partial charge in [0.15, 0.2) is 0 Å². The van der Waals surface area contributed by atoms with E-state index in [4.69, 9.17) is 5.73 Å². The first-order chi connectivity index (χ1) is 7.90. The molecule has 2 N–H and O–H groups in total. The number of nitrogens with two attached hydrogens (primary N) is 1. The van der Waals surface area contributed by atoms with Crippen LogP contribution in [-0.2, 0) is 6.42 Å². The zero-order chi connectivity index (χ0) is 13.2. The number of hydrogen-bond acceptors (Lipinski definition) is 2. The lowest BCUT2D eigenvalue weighted by Crippen LogP contribution is -2.13. The van der Waals surface area contributed by atoms with Crippen molar-refractivity contribution in [3.63, 3.8) is 0 Å². The second-order valence-electron chi connectivity index (χ2n) is 4.58. The monoisotopic (exact) mass is 251 g/mol. The highest BCUT2D eigenvalue weighted by atomic mass is 32.1. The van der Waals surface area contributed by atoms with Crippen LogP contribution >= 0.6 is 11.3 Å². The lowest BCUT2D eigenvalue weighted by Gasteiger charge is -2.06. The molecule has 1 aromatic rings. The maximum Gasteiger partial charge on any atom is 0.250 e. The van der Waals surface area contributed by atoms with E-state index in [1.807, 2.05) is 6.92 Å². The summed E-state index contributed by atoms with van der Waals surface area (Å²) in [5.41, 5.74) is 9.93. The van der Waals surface area contributed by atoms with Gasteiger partial charge in [-0.05, 0) is 45.3 Å². The van der Waals surface area contributed by atoms with Gasteiger partial charge >= 0.3 is 0 Å². The number of amides is 1. The van der Waals surface area contributed by atoms with Crippen LogP contribution in [0.5, 0.6) is 0 Å². The highest BCUT2D eigenvalue weighted by Gasteiger charge is 2.19. The van der Waals surface area contributed by atoms with Gasteiger partial charge in [0, 0.05) is 9.75 Å². The molecule has 0 aliphatic rings. The predicted octanol–water partition coefficient (Wildman–Crippen LogP) is 3.92. The zero-order valence-electron chi connectivity index (χ0n) is 11.3. The van der Waals surface area contributed by atoms with Gasteiger partial charge in [-0.1, -0.05) is 18.9 Å². The Morgan fingerprint density at radius 3 is 2.29 bits per heavy atom. The van der Waals surface area contributed by atoms with E-state index < -0.39 is 0 Å². The molecule has 0 saturated carbocycles. The molecule has 0 unspecified atom stereocenters. The first kappa shape index (κ1) is 14.0. The maximum atomic E-state index is 11.5. The normalized spacial score (nSPS) is 10.4. The molecule has 3 heteroatoms. The minimum absolute atomic E-state index is 0.296. The summed E-state index contributed by atoms with van der Waals surface area (Å²) < 4.78 is 0. The molecule has 0 radical (unpaired) electrons. The summed E-state index contributed by atoms with van der Waals surface area (Å²) in [7, 11) is 0. The van der Waals surface area contributed by atoms with Crippen LogP contribution in [0.1, 0.15) is 59.8 Å². The van der Waals surface area contributed by atoms with E-state index in [2.05, 4.69) is 27.7 Å². The van der Waals surface area contributed by atoms with Gasteiger partial charge in [-0.3, -0.25) is 4.79 Å². The van der Waals surface area contributed by atoms with Crippen LogP contribution in [0, 0.1) is 6.92 Å². The SMILES string of the molecule is CCCc1c(C(C)=C(C)C)sc(C)c1C(N)=O. The molecule has 0 saturated heterocycles. The fraction of sp³-hybridized carbons (Fsp3) is 0.500. The van der Waals surface area contributed by atoms with Crippen molar-refractivity contribution in [2.75, 3.05) is 0 Å². The second kappa shape index (κ2) is 5.50. The van der Waals surface area contributed by atoms with Gasteiger partial charge in [-0.2, -0.15) is 0 Å². The molecule has 0 atom stereocenters. The minimum Gasteiger partial charge on any atom is -0.366 e. The summed E-state index contributed by atoms with van der Waals surface area (Å²) in [6, 6.07) is 0. The van der Waals surface area contributed by atoms with E-state index in [9.17, 15) is 4.79 Å². The molecular formula is C14H21NOS. The Labute approximate surface area is 108 Å². The Hall–Kier alpha value is -1.09. The third kappa shape index (κ3) is 2.78. The van der Waals surface area contributed by atoms with Crippen molar-refractivity contribution >= 4 is 22.8 Å². The van der Waals surface area contributed by atoms with Crippen molar-refractivity contribution < 1.29 is 4.79 Å². The number of hydrogen-bond donors (Lipinski definition) is 1. The van der Waals surface area contributed by atoms with E-state index in [1.54, 1.807) is 11.3 Å². The summed E-state index contributed by atoms with van der Waals surface area (Å²) in [6.07, 6.45) is 1.95. The van der Waals surface area contributed by atoms with Crippen LogP contribution in [0.15, 0.2) is 5.57 Å². The number of carbonyl (C=O) groups excluding carboxylic acids is 1. The molecular weight excluding hydrogens is 230 g/mol. The van der Waals surface area contributed by atoms with Crippen molar-refractivity contribution in [1.29, 1.82) is 0 Å². The van der Waals surface area contributed by atoms with Crippen molar-refractivity contribution in [3.05, 3.63) is 26.5 Å². The summed E-state index contributed by atoms with van der Waals surface area (Å²) in [5, 5.41) is 0. The molecule has 1 heterocycles. The fourth-order valence-corrected chi connectivity index (χ4v) is 3.25. The lowest BCUT2D eigenvalue weighted by molar-refractivity contribution is 0.0999. The highest BCUT2D eigenvalue weighted by molar-refractivity contribution is 7.13. The smallest absolute Gasteiger partial charge is 0.250 e. The summed E-state index contributed by atoms with van der Waals surface area (Å²) >= 11 is 1.69. The largest absolute Gasteiger partial charge is 0.366 e. The van der Waals surface area contributed by atoms with Crippen molar-refractivity contribution in [2.24, 2.45) is 5.73 Å². The number of aryl methyl sites for hydroxylation is 1. The molecule has 0 spiro atoms. The molecule has 2 nitrogen and oxygen atoms in total. The first-order valence-corrected chi connectivity index (χ1v) is 6.78. The lowest BCUT2D eigenvalue weighted by atomic mass is 9.99. The molecule has 1 rings (SSSR count). The van der Waals surface area contributed by atoms with Crippen molar-refractivity contribution in [3.8, 4) is 0 Å². The van der Waals surface area contributed by atoms with Gasteiger partial charge in [0.25, 0.3) is 0 Å². The van der Waals surface area contributed by atoms with Gasteiger partial charge in [0.05, 0.1) is 5.56 Å². The van der Waals surface area contributed by atoms with Crippen LogP contribution in [0.25, 0.3) is 5.57 Å². The van der Waals surface area contributed by atoms with Crippen LogP contribution in [0.3, 0.4) is 0 Å². The van der Waals surface area contributed by atoms with E-state index >= 15 is 0 Å². The average molecular weight is 251 g/mol. The van der Waals surface area contributed by atoms with Gasteiger partial charge in [0.2, 0.25) is 5.91 Å². The Bertz CT molecular complexity index is 465. The standard InChI is InChI=1S/C14H21NOS/c1-6-7-11-12(14(15)16)10(5)17-13(11)9(4)8(2)3/h6-7H2,1-5H3,(H2,15,16). The van der Waals surface area contributed by atoms with Crippen LogP contribution in [0.4, 0.5) is 0 Å². The number of thiophene rings is 1. The zero-order valence-corrected chi connectivity index (χ0v) is 12.1. The molecule has 1 amide bonds. The Morgan fingerprint density at radius 1 is 1.29 bits per heavy atom. The third-order valence-electron chi connectivity index (χ3n) is 3.02. The van der Waals surface area contributed by atoms with Crippen LogP contribution < -0.4 is 5.73 Å². The van der Waals surface area contributed by atoms with Gasteiger partial charge in [0.1, 0.15) is 0 Å². The average Bonchev–Trinajstić information content (AvgIpc) is 2.54. The van der Waals surface area contributed by atoms with E-state index in [-0.39, 0.29) is 5.91 Å². The molecule has 0 fully saturated rings. The van der Waals surface area contributed by atoms with Gasteiger partial charge in [-0.25, -0.2) is 0 Å². The Balaban J connectivity index is 3.47. The molecule has 0 bridgehead atoms. The van der Waals surface area contributed by atoms with Crippen LogP contribution in [0.2, 0.25) is 0 Å². The molecule has 0 aliphatic carbocycles. The van der Waals surface area contributed by atoms with E-state index in [1.165, 1.54) is 16.0 Å².